The average Bonchev–Trinajstić information content (AvgIpc) is 2.68. The summed E-state index contributed by atoms with van der Waals surface area (Å²) in [7, 11) is -3.78. The van der Waals surface area contributed by atoms with Gasteiger partial charge in [0, 0.05) is 11.6 Å². The van der Waals surface area contributed by atoms with Crippen LogP contribution in [0.25, 0.3) is 0 Å². The monoisotopic (exact) mass is 347 g/mol. The number of nitrogens with one attached hydrogen (secondary N) is 1. The maximum absolute atomic E-state index is 12.6. The molecule has 2 rings (SSSR count). The van der Waals surface area contributed by atoms with E-state index < -0.39 is 10.0 Å². The molecule has 0 aliphatic heterocycles. The third-order valence-corrected chi connectivity index (χ3v) is 5.24. The minimum Gasteiger partial charge on any atom is -0.278 e. The zero-order valence-corrected chi connectivity index (χ0v) is 14.1. The van der Waals surface area contributed by atoms with Crippen molar-refractivity contribution >= 4 is 38.9 Å². The van der Waals surface area contributed by atoms with Gasteiger partial charge >= 0.3 is 0 Å². The lowest BCUT2D eigenvalue weighted by Crippen LogP contribution is -2.15. The van der Waals surface area contributed by atoms with Crippen LogP contribution >= 0.6 is 23.2 Å². The molecule has 5 nitrogen and oxygen atoms in total. The highest BCUT2D eigenvalue weighted by atomic mass is 35.5. The van der Waals surface area contributed by atoms with Crippen LogP contribution in [0.4, 0.5) is 5.69 Å². The molecule has 0 radical (unpaired) electrons. The summed E-state index contributed by atoms with van der Waals surface area (Å²) in [5.41, 5.74) is 1.27. The van der Waals surface area contributed by atoms with E-state index in [4.69, 9.17) is 23.2 Å². The van der Waals surface area contributed by atoms with Gasteiger partial charge in [0.1, 0.15) is 4.90 Å². The second-order valence-electron chi connectivity index (χ2n) is 4.55. The van der Waals surface area contributed by atoms with Crippen LogP contribution in [0.1, 0.15) is 18.3 Å². The van der Waals surface area contributed by atoms with Gasteiger partial charge in [-0.25, -0.2) is 8.42 Å². The first-order chi connectivity index (χ1) is 9.76. The van der Waals surface area contributed by atoms with Crippen molar-refractivity contribution < 1.29 is 8.42 Å². The summed E-state index contributed by atoms with van der Waals surface area (Å²) in [6.07, 6.45) is 0. The summed E-state index contributed by atoms with van der Waals surface area (Å²) in [6.45, 7) is 5.88. The van der Waals surface area contributed by atoms with Crippen LogP contribution in [0.2, 0.25) is 10.0 Å². The van der Waals surface area contributed by atoms with Gasteiger partial charge in [0.2, 0.25) is 0 Å². The fourth-order valence-corrected chi connectivity index (χ4v) is 4.03. The van der Waals surface area contributed by atoms with E-state index in [1.165, 1.54) is 12.1 Å². The number of rotatable bonds is 4. The molecule has 21 heavy (non-hydrogen) atoms. The number of hydrogen-bond acceptors (Lipinski definition) is 3. The van der Waals surface area contributed by atoms with Crippen LogP contribution in [0.15, 0.2) is 23.1 Å². The molecule has 0 unspecified atom stereocenters. The van der Waals surface area contributed by atoms with Gasteiger partial charge in [0.05, 0.1) is 22.1 Å². The molecule has 0 atom stereocenters. The minimum atomic E-state index is -3.78. The zero-order chi connectivity index (χ0) is 15.8. The van der Waals surface area contributed by atoms with Crippen molar-refractivity contribution in [2.75, 3.05) is 4.72 Å². The third kappa shape index (κ3) is 3.17. The zero-order valence-electron chi connectivity index (χ0n) is 11.8. The highest BCUT2D eigenvalue weighted by Gasteiger charge is 2.25. The Morgan fingerprint density at radius 3 is 2.52 bits per heavy atom. The number of halogens is 2. The summed E-state index contributed by atoms with van der Waals surface area (Å²) >= 11 is 11.9. The van der Waals surface area contributed by atoms with E-state index >= 15 is 0 Å². The van der Waals surface area contributed by atoms with Crippen molar-refractivity contribution in [1.29, 1.82) is 0 Å². The van der Waals surface area contributed by atoms with E-state index in [1.807, 2.05) is 6.92 Å². The van der Waals surface area contributed by atoms with Gasteiger partial charge in [-0.2, -0.15) is 5.10 Å². The first-order valence-corrected chi connectivity index (χ1v) is 8.52. The third-order valence-electron chi connectivity index (χ3n) is 3.06. The Morgan fingerprint density at radius 1 is 1.29 bits per heavy atom. The Balaban J connectivity index is 2.48. The first-order valence-electron chi connectivity index (χ1n) is 6.28. The van der Waals surface area contributed by atoms with E-state index in [0.29, 0.717) is 23.0 Å². The van der Waals surface area contributed by atoms with Gasteiger partial charge in [-0.15, -0.1) is 0 Å². The molecule has 0 aliphatic carbocycles. The molecule has 1 aromatic heterocycles. The molecule has 2 aromatic rings. The Morgan fingerprint density at radius 2 is 1.95 bits per heavy atom. The summed E-state index contributed by atoms with van der Waals surface area (Å²) < 4.78 is 29.2. The van der Waals surface area contributed by atoms with Gasteiger partial charge in [-0.3, -0.25) is 9.40 Å². The molecule has 1 heterocycles. The maximum atomic E-state index is 12.6. The largest absolute Gasteiger partial charge is 0.278 e. The minimum absolute atomic E-state index is 0.167. The van der Waals surface area contributed by atoms with Crippen molar-refractivity contribution in [3.63, 3.8) is 0 Å². The van der Waals surface area contributed by atoms with Gasteiger partial charge in [-0.1, -0.05) is 23.2 Å². The molecule has 0 bridgehead atoms. The summed E-state index contributed by atoms with van der Waals surface area (Å²) in [5, 5.41) is 4.89. The quantitative estimate of drug-likeness (QED) is 0.918. The lowest BCUT2D eigenvalue weighted by atomic mass is 10.3. The van der Waals surface area contributed by atoms with Gasteiger partial charge < -0.3 is 0 Å². The molecule has 1 aromatic carbocycles. The maximum Gasteiger partial charge on any atom is 0.265 e. The van der Waals surface area contributed by atoms with Gasteiger partial charge in [-0.05, 0) is 39.0 Å². The summed E-state index contributed by atoms with van der Waals surface area (Å²) in [6, 6.07) is 4.60. The molecule has 0 aliphatic rings. The van der Waals surface area contributed by atoms with Crippen LogP contribution in [0, 0.1) is 13.8 Å². The van der Waals surface area contributed by atoms with Crippen LogP contribution in [-0.4, -0.2) is 18.2 Å². The molecule has 0 spiro atoms. The van der Waals surface area contributed by atoms with Crippen LogP contribution in [-0.2, 0) is 16.6 Å². The number of benzene rings is 1. The van der Waals surface area contributed by atoms with E-state index in [0.717, 1.165) is 0 Å². The second-order valence-corrected chi connectivity index (χ2v) is 7.01. The average molecular weight is 348 g/mol. The highest BCUT2D eigenvalue weighted by Crippen LogP contribution is 2.29. The fraction of sp³-hybridized carbons (Fsp3) is 0.308. The number of sulfonamides is 1. The standard InChI is InChI=1S/C13H15Cl2N3O2S/c1-4-18-9(3)13(8(2)16-18)21(19,20)17-12-7-10(14)5-6-11(12)15/h5-7,17H,4H2,1-3H3. The number of nitrogens with zero attached hydrogens (tertiary/aromatic N) is 2. The van der Waals surface area contributed by atoms with E-state index in [9.17, 15) is 8.42 Å². The SMILES string of the molecule is CCn1nc(C)c(S(=O)(=O)Nc2cc(Cl)ccc2Cl)c1C. The molecule has 8 heteroatoms. The Bertz CT molecular complexity index is 785. The molecule has 0 saturated heterocycles. The number of aryl methyl sites for hydroxylation is 2. The molecule has 114 valence electrons. The summed E-state index contributed by atoms with van der Waals surface area (Å²) in [5.74, 6) is 0. The smallest absolute Gasteiger partial charge is 0.265 e. The molecule has 0 fully saturated rings. The number of anilines is 1. The Labute approximate surface area is 133 Å². The van der Waals surface area contributed by atoms with Crippen molar-refractivity contribution in [3.8, 4) is 0 Å². The number of aromatic nitrogens is 2. The van der Waals surface area contributed by atoms with E-state index in [2.05, 4.69) is 9.82 Å². The summed E-state index contributed by atoms with van der Waals surface area (Å²) in [4.78, 5) is 0.167. The highest BCUT2D eigenvalue weighted by molar-refractivity contribution is 7.92. The molecule has 1 N–H and O–H groups in total. The second kappa shape index (κ2) is 5.87. The van der Waals surface area contributed by atoms with E-state index in [1.54, 1.807) is 24.6 Å². The Kier molecular flexibility index (Phi) is 4.51. The van der Waals surface area contributed by atoms with E-state index in [-0.39, 0.29) is 15.6 Å². The van der Waals surface area contributed by atoms with Crippen molar-refractivity contribution in [1.82, 2.24) is 9.78 Å². The van der Waals surface area contributed by atoms with Crippen molar-refractivity contribution in [3.05, 3.63) is 39.6 Å². The lowest BCUT2D eigenvalue weighted by Gasteiger charge is -2.10. The first kappa shape index (κ1) is 16.1. The van der Waals surface area contributed by atoms with Crippen molar-refractivity contribution in [2.24, 2.45) is 0 Å². The van der Waals surface area contributed by atoms with Crippen molar-refractivity contribution in [2.45, 2.75) is 32.2 Å². The Hall–Kier alpha value is -1.24. The molecule has 0 amide bonds. The van der Waals surface area contributed by atoms with Crippen LogP contribution in [0.5, 0.6) is 0 Å². The van der Waals surface area contributed by atoms with Gasteiger partial charge in [0.15, 0.2) is 0 Å². The predicted octanol–water partition coefficient (Wildman–Crippen LogP) is 3.63. The predicted molar refractivity (Wildman–Crippen MR) is 84.6 cm³/mol. The molecule has 0 saturated carbocycles. The fourth-order valence-electron chi connectivity index (χ4n) is 2.15. The van der Waals surface area contributed by atoms with Crippen LogP contribution in [0.3, 0.4) is 0 Å². The van der Waals surface area contributed by atoms with Gasteiger partial charge in [0.25, 0.3) is 10.0 Å². The lowest BCUT2D eigenvalue weighted by molar-refractivity contribution is 0.598. The van der Waals surface area contributed by atoms with Crippen LogP contribution < -0.4 is 4.72 Å². The topological polar surface area (TPSA) is 64.0 Å². The molecular formula is C13H15Cl2N3O2S. The molecular weight excluding hydrogens is 333 g/mol. The number of hydrogen-bond donors (Lipinski definition) is 1. The normalized spacial score (nSPS) is 11.7.